The van der Waals surface area contributed by atoms with Gasteiger partial charge in [0.1, 0.15) is 10.8 Å². The van der Waals surface area contributed by atoms with Crippen LogP contribution in [-0.2, 0) is 0 Å². The van der Waals surface area contributed by atoms with E-state index in [0.717, 1.165) is 26.4 Å². The molecule has 5 heteroatoms. The summed E-state index contributed by atoms with van der Waals surface area (Å²) in [4.78, 5) is 16.1. The van der Waals surface area contributed by atoms with Crippen molar-refractivity contribution in [3.8, 4) is 16.3 Å². The van der Waals surface area contributed by atoms with Gasteiger partial charge in [0.25, 0.3) is 0 Å². The van der Waals surface area contributed by atoms with Gasteiger partial charge in [0.15, 0.2) is 0 Å². The molecule has 0 atom stereocenters. The van der Waals surface area contributed by atoms with Crippen molar-refractivity contribution >= 4 is 27.5 Å². The van der Waals surface area contributed by atoms with Gasteiger partial charge in [-0.25, -0.2) is 4.98 Å². The van der Waals surface area contributed by atoms with Crippen LogP contribution in [0.15, 0.2) is 30.3 Å². The number of aromatic hydroxyl groups is 1. The zero-order valence-electron chi connectivity index (χ0n) is 11.7. The highest BCUT2D eigenvalue weighted by atomic mass is 32.1. The number of carbonyl (C=O) groups excluding carboxylic acids is 1. The second-order valence-corrected chi connectivity index (χ2v) is 5.95. The van der Waals surface area contributed by atoms with Crippen molar-refractivity contribution in [3.05, 3.63) is 47.0 Å². The monoisotopic (exact) mass is 298 g/mol. The maximum Gasteiger partial charge on any atom is 0.249 e. The molecule has 1 amide bonds. The lowest BCUT2D eigenvalue weighted by molar-refractivity contribution is 0.1000. The van der Waals surface area contributed by atoms with Crippen molar-refractivity contribution in [2.24, 2.45) is 5.73 Å². The van der Waals surface area contributed by atoms with Crippen LogP contribution in [0.2, 0.25) is 0 Å². The van der Waals surface area contributed by atoms with Gasteiger partial charge in [-0.3, -0.25) is 4.79 Å². The summed E-state index contributed by atoms with van der Waals surface area (Å²) in [5.74, 6) is -0.240. The first-order valence-corrected chi connectivity index (χ1v) is 7.29. The number of carbonyl (C=O) groups is 1. The molecule has 3 aromatic rings. The lowest BCUT2D eigenvalue weighted by Crippen LogP contribution is -2.13. The van der Waals surface area contributed by atoms with E-state index in [0.29, 0.717) is 11.1 Å². The Morgan fingerprint density at radius 2 is 1.95 bits per heavy atom. The van der Waals surface area contributed by atoms with Gasteiger partial charge in [0.05, 0.1) is 15.8 Å². The van der Waals surface area contributed by atoms with E-state index < -0.39 is 5.91 Å². The third-order valence-corrected chi connectivity index (χ3v) is 4.69. The second kappa shape index (κ2) is 4.86. The summed E-state index contributed by atoms with van der Waals surface area (Å²) in [6, 6.07) is 8.86. The van der Waals surface area contributed by atoms with Crippen LogP contribution in [0.5, 0.6) is 5.75 Å². The normalized spacial score (nSPS) is 11.0. The molecular weight excluding hydrogens is 284 g/mol. The zero-order chi connectivity index (χ0) is 15.1. The zero-order valence-corrected chi connectivity index (χ0v) is 12.5. The standard InChI is InChI=1S/C16H14N2O2S/c1-8-9(2)14-13(7-11(8)15(17)20)21-16(18-14)10-5-3-4-6-12(10)19/h3-7,19H,1-2H3,(H2,17,20). The van der Waals surface area contributed by atoms with Crippen molar-refractivity contribution < 1.29 is 9.90 Å². The van der Waals surface area contributed by atoms with E-state index in [1.54, 1.807) is 18.2 Å². The minimum Gasteiger partial charge on any atom is -0.507 e. The molecule has 0 unspecified atom stereocenters. The Bertz CT molecular complexity index is 868. The number of phenols is 1. The van der Waals surface area contributed by atoms with Gasteiger partial charge in [-0.1, -0.05) is 12.1 Å². The Morgan fingerprint density at radius 3 is 2.62 bits per heavy atom. The first-order chi connectivity index (χ1) is 9.99. The fourth-order valence-electron chi connectivity index (χ4n) is 2.34. The summed E-state index contributed by atoms with van der Waals surface area (Å²) in [6.07, 6.45) is 0. The number of hydrogen-bond acceptors (Lipinski definition) is 4. The van der Waals surface area contributed by atoms with E-state index >= 15 is 0 Å². The largest absolute Gasteiger partial charge is 0.507 e. The van der Waals surface area contributed by atoms with Gasteiger partial charge in [0, 0.05) is 5.56 Å². The maximum absolute atomic E-state index is 11.5. The molecule has 2 aromatic carbocycles. The summed E-state index contributed by atoms with van der Waals surface area (Å²) < 4.78 is 0.894. The number of amides is 1. The number of aromatic nitrogens is 1. The molecule has 0 aliphatic carbocycles. The number of phenolic OH excluding ortho intramolecular Hbond substituents is 1. The first kappa shape index (κ1) is 13.6. The number of fused-ring (bicyclic) bond motifs is 1. The van der Waals surface area contributed by atoms with Gasteiger partial charge < -0.3 is 10.8 Å². The van der Waals surface area contributed by atoms with Crippen molar-refractivity contribution in [1.82, 2.24) is 4.98 Å². The molecule has 3 N–H and O–H groups in total. The van der Waals surface area contributed by atoms with E-state index in [9.17, 15) is 9.90 Å². The summed E-state index contributed by atoms with van der Waals surface area (Å²) in [7, 11) is 0. The third kappa shape index (κ3) is 2.15. The molecule has 0 saturated heterocycles. The van der Waals surface area contributed by atoms with Crippen molar-refractivity contribution in [2.45, 2.75) is 13.8 Å². The molecule has 1 heterocycles. The fraction of sp³-hybridized carbons (Fsp3) is 0.125. The van der Waals surface area contributed by atoms with Crippen molar-refractivity contribution in [1.29, 1.82) is 0 Å². The van der Waals surface area contributed by atoms with Gasteiger partial charge in [0.2, 0.25) is 5.91 Å². The Balaban J connectivity index is 2.28. The van der Waals surface area contributed by atoms with Gasteiger partial charge >= 0.3 is 0 Å². The summed E-state index contributed by atoms with van der Waals surface area (Å²) in [5.41, 5.74) is 9.28. The molecule has 21 heavy (non-hydrogen) atoms. The van der Waals surface area contributed by atoms with Crippen LogP contribution in [0, 0.1) is 13.8 Å². The molecule has 0 radical (unpaired) electrons. The molecule has 0 fully saturated rings. The Labute approximate surface area is 125 Å². The average Bonchev–Trinajstić information content (AvgIpc) is 2.87. The number of hydrogen-bond donors (Lipinski definition) is 2. The lowest BCUT2D eigenvalue weighted by atomic mass is 10.0. The van der Waals surface area contributed by atoms with Gasteiger partial charge in [-0.2, -0.15) is 0 Å². The predicted molar refractivity (Wildman–Crippen MR) is 84.7 cm³/mol. The Hall–Kier alpha value is -2.40. The van der Waals surface area contributed by atoms with E-state index in [2.05, 4.69) is 4.98 Å². The molecule has 0 spiro atoms. The maximum atomic E-state index is 11.5. The molecule has 0 bridgehead atoms. The molecule has 1 aromatic heterocycles. The van der Waals surface area contributed by atoms with Crippen LogP contribution in [0.1, 0.15) is 21.5 Å². The van der Waals surface area contributed by atoms with Crippen LogP contribution >= 0.6 is 11.3 Å². The van der Waals surface area contributed by atoms with E-state index in [1.807, 2.05) is 26.0 Å². The minimum absolute atomic E-state index is 0.195. The fourth-order valence-corrected chi connectivity index (χ4v) is 3.44. The van der Waals surface area contributed by atoms with E-state index in [4.69, 9.17) is 5.73 Å². The summed E-state index contributed by atoms with van der Waals surface area (Å²) in [5, 5.41) is 10.7. The number of nitrogens with two attached hydrogens (primary N) is 1. The first-order valence-electron chi connectivity index (χ1n) is 6.48. The Kier molecular flexibility index (Phi) is 3.14. The van der Waals surface area contributed by atoms with E-state index in [1.165, 1.54) is 11.3 Å². The predicted octanol–water partition coefficient (Wildman–Crippen LogP) is 3.38. The van der Waals surface area contributed by atoms with Crippen LogP contribution < -0.4 is 5.73 Å². The van der Waals surface area contributed by atoms with Gasteiger partial charge in [-0.15, -0.1) is 11.3 Å². The number of rotatable bonds is 2. The second-order valence-electron chi connectivity index (χ2n) is 4.92. The van der Waals surface area contributed by atoms with Crippen LogP contribution in [0.25, 0.3) is 20.8 Å². The molecule has 0 saturated carbocycles. The Morgan fingerprint density at radius 1 is 1.24 bits per heavy atom. The van der Waals surface area contributed by atoms with Crippen molar-refractivity contribution in [3.63, 3.8) is 0 Å². The number of nitrogens with zero attached hydrogens (tertiary/aromatic N) is 1. The summed E-state index contributed by atoms with van der Waals surface area (Å²) >= 11 is 1.44. The highest BCUT2D eigenvalue weighted by Crippen LogP contribution is 2.37. The van der Waals surface area contributed by atoms with Crippen LogP contribution in [0.4, 0.5) is 0 Å². The number of para-hydroxylation sites is 1. The molecule has 3 rings (SSSR count). The highest BCUT2D eigenvalue weighted by Gasteiger charge is 2.16. The SMILES string of the molecule is Cc1c(C(N)=O)cc2sc(-c3ccccc3O)nc2c1C. The number of thiazole rings is 1. The van der Waals surface area contributed by atoms with Gasteiger partial charge in [-0.05, 0) is 43.2 Å². The lowest BCUT2D eigenvalue weighted by Gasteiger charge is -2.05. The van der Waals surface area contributed by atoms with Crippen molar-refractivity contribution in [2.75, 3.05) is 0 Å². The third-order valence-electron chi connectivity index (χ3n) is 3.65. The quantitative estimate of drug-likeness (QED) is 0.761. The molecule has 0 aliphatic heterocycles. The topological polar surface area (TPSA) is 76.2 Å². The van der Waals surface area contributed by atoms with Crippen LogP contribution in [0.3, 0.4) is 0 Å². The summed E-state index contributed by atoms with van der Waals surface area (Å²) in [6.45, 7) is 3.80. The molecular formula is C16H14N2O2S. The number of benzene rings is 2. The van der Waals surface area contributed by atoms with E-state index in [-0.39, 0.29) is 5.75 Å². The molecule has 106 valence electrons. The smallest absolute Gasteiger partial charge is 0.249 e. The molecule has 4 nitrogen and oxygen atoms in total. The highest BCUT2D eigenvalue weighted by molar-refractivity contribution is 7.21. The van der Waals surface area contributed by atoms with Crippen LogP contribution in [-0.4, -0.2) is 16.0 Å². The average molecular weight is 298 g/mol. The number of aryl methyl sites for hydroxylation is 1. The number of primary amides is 1. The minimum atomic E-state index is -0.435. The molecule has 0 aliphatic rings.